The summed E-state index contributed by atoms with van der Waals surface area (Å²) in [6.07, 6.45) is 2.79. The number of benzene rings is 2. The molecule has 0 aliphatic rings. The largest absolute Gasteiger partial charge is 0.322 e. The molecule has 0 aliphatic carbocycles. The second-order valence-corrected chi connectivity index (χ2v) is 5.79. The molecular weight excluding hydrogens is 352 g/mol. The second-order valence-electron chi connectivity index (χ2n) is 4.91. The van der Waals surface area contributed by atoms with Gasteiger partial charge in [0.15, 0.2) is 5.82 Å². The highest BCUT2D eigenvalue weighted by molar-refractivity contribution is 6.35. The van der Waals surface area contributed by atoms with E-state index in [4.69, 9.17) is 23.2 Å². The molecule has 3 rings (SSSR count). The molecule has 0 aliphatic heterocycles. The van der Waals surface area contributed by atoms with Gasteiger partial charge in [0.2, 0.25) is 0 Å². The summed E-state index contributed by atoms with van der Waals surface area (Å²) in [5.74, 6) is -0.328. The summed E-state index contributed by atoms with van der Waals surface area (Å²) in [7, 11) is 0. The van der Waals surface area contributed by atoms with Crippen LogP contribution >= 0.6 is 23.2 Å². The fraction of sp³-hybridized carbons (Fsp3) is 0. The van der Waals surface area contributed by atoms with Gasteiger partial charge in [-0.25, -0.2) is 14.4 Å². The van der Waals surface area contributed by atoms with Crippen LogP contribution in [0.5, 0.6) is 0 Å². The van der Waals surface area contributed by atoms with Crippen molar-refractivity contribution in [3.8, 4) is 11.4 Å². The van der Waals surface area contributed by atoms with Crippen LogP contribution in [0.25, 0.3) is 11.4 Å². The summed E-state index contributed by atoms with van der Waals surface area (Å²) < 4.78 is 12.9. The van der Waals surface area contributed by atoms with Crippen molar-refractivity contribution >= 4 is 34.8 Å². The number of nitrogens with one attached hydrogen (secondary N) is 1. The number of carbonyl (C=O) groups is 1. The molecule has 0 spiro atoms. The van der Waals surface area contributed by atoms with Gasteiger partial charge in [-0.15, -0.1) is 0 Å². The summed E-state index contributed by atoms with van der Waals surface area (Å²) >= 11 is 11.8. The van der Waals surface area contributed by atoms with Crippen molar-refractivity contribution in [2.45, 2.75) is 0 Å². The van der Waals surface area contributed by atoms with Gasteiger partial charge in [0.05, 0.1) is 5.56 Å². The first-order valence-electron chi connectivity index (χ1n) is 6.87. The topological polar surface area (TPSA) is 54.9 Å². The van der Waals surface area contributed by atoms with Gasteiger partial charge in [0.1, 0.15) is 5.82 Å². The van der Waals surface area contributed by atoms with E-state index in [1.165, 1.54) is 24.5 Å². The molecule has 0 fully saturated rings. The Balaban J connectivity index is 1.77. The quantitative estimate of drug-likeness (QED) is 0.725. The molecule has 0 saturated heterocycles. The molecule has 3 aromatic rings. The zero-order chi connectivity index (χ0) is 17.1. The van der Waals surface area contributed by atoms with Crippen molar-refractivity contribution in [1.82, 2.24) is 9.97 Å². The van der Waals surface area contributed by atoms with E-state index in [1.807, 2.05) is 0 Å². The van der Waals surface area contributed by atoms with Gasteiger partial charge in [0, 0.05) is 33.7 Å². The third-order valence-corrected chi connectivity index (χ3v) is 3.57. The van der Waals surface area contributed by atoms with Crippen LogP contribution in [-0.2, 0) is 0 Å². The fourth-order valence-corrected chi connectivity index (χ4v) is 2.55. The minimum Gasteiger partial charge on any atom is -0.322 e. The van der Waals surface area contributed by atoms with Crippen molar-refractivity contribution < 1.29 is 9.18 Å². The van der Waals surface area contributed by atoms with Crippen molar-refractivity contribution in [3.05, 3.63) is 76.3 Å². The van der Waals surface area contributed by atoms with E-state index in [2.05, 4.69) is 15.3 Å². The molecule has 0 saturated carbocycles. The van der Waals surface area contributed by atoms with Gasteiger partial charge < -0.3 is 5.32 Å². The highest BCUT2D eigenvalue weighted by Crippen LogP contribution is 2.23. The maximum Gasteiger partial charge on any atom is 0.258 e. The minimum atomic E-state index is -0.390. The highest BCUT2D eigenvalue weighted by Gasteiger charge is 2.09. The zero-order valence-corrected chi connectivity index (χ0v) is 13.6. The first-order chi connectivity index (χ1) is 11.5. The average Bonchev–Trinajstić information content (AvgIpc) is 2.55. The monoisotopic (exact) mass is 361 g/mol. The second kappa shape index (κ2) is 6.95. The summed E-state index contributed by atoms with van der Waals surface area (Å²) in [5.41, 5.74) is 1.40. The Morgan fingerprint density at radius 3 is 2.12 bits per heavy atom. The van der Waals surface area contributed by atoms with Crippen LogP contribution in [-0.4, -0.2) is 15.9 Å². The third kappa shape index (κ3) is 3.88. The van der Waals surface area contributed by atoms with E-state index < -0.39 is 0 Å². The normalized spacial score (nSPS) is 10.5. The lowest BCUT2D eigenvalue weighted by atomic mass is 10.2. The number of nitrogens with zero attached hydrogens (tertiary/aromatic N) is 2. The maximum absolute atomic E-state index is 12.9. The van der Waals surface area contributed by atoms with Crippen molar-refractivity contribution in [1.29, 1.82) is 0 Å². The Morgan fingerprint density at radius 2 is 1.54 bits per heavy atom. The van der Waals surface area contributed by atoms with E-state index >= 15 is 0 Å². The van der Waals surface area contributed by atoms with Crippen LogP contribution in [0.4, 0.5) is 10.1 Å². The van der Waals surface area contributed by atoms with Crippen LogP contribution in [0.2, 0.25) is 10.0 Å². The number of anilines is 1. The van der Waals surface area contributed by atoms with Crippen LogP contribution < -0.4 is 5.32 Å². The number of aromatic nitrogens is 2. The van der Waals surface area contributed by atoms with E-state index in [0.29, 0.717) is 27.1 Å². The summed E-state index contributed by atoms with van der Waals surface area (Å²) in [6, 6.07) is 10.5. The van der Waals surface area contributed by atoms with Crippen molar-refractivity contribution in [2.24, 2.45) is 0 Å². The van der Waals surface area contributed by atoms with Crippen LogP contribution in [0, 0.1) is 5.82 Å². The Kier molecular flexibility index (Phi) is 4.74. The summed E-state index contributed by atoms with van der Waals surface area (Å²) in [5, 5.41) is 3.50. The molecule has 0 radical (unpaired) electrons. The van der Waals surface area contributed by atoms with Crippen molar-refractivity contribution in [3.63, 3.8) is 0 Å². The molecule has 4 nitrogen and oxygen atoms in total. The zero-order valence-electron chi connectivity index (χ0n) is 12.1. The molecule has 1 N–H and O–H groups in total. The molecule has 120 valence electrons. The van der Waals surface area contributed by atoms with Gasteiger partial charge in [-0.3, -0.25) is 4.79 Å². The smallest absolute Gasteiger partial charge is 0.258 e. The summed E-state index contributed by atoms with van der Waals surface area (Å²) in [6.45, 7) is 0. The van der Waals surface area contributed by atoms with Gasteiger partial charge in [-0.1, -0.05) is 23.2 Å². The van der Waals surface area contributed by atoms with E-state index in [0.717, 1.165) is 0 Å². The van der Waals surface area contributed by atoms with Gasteiger partial charge in [-0.05, 0) is 42.5 Å². The molecule has 1 aromatic heterocycles. The van der Waals surface area contributed by atoms with Crippen LogP contribution in [0.15, 0.2) is 54.9 Å². The Bertz CT molecular complexity index is 863. The number of carbonyl (C=O) groups excluding carboxylic acids is 1. The SMILES string of the molecule is O=C(Nc1cc(Cl)cc(Cl)c1)c1cnc(-c2ccc(F)cc2)nc1. The molecule has 24 heavy (non-hydrogen) atoms. The lowest BCUT2D eigenvalue weighted by Crippen LogP contribution is -2.12. The average molecular weight is 362 g/mol. The molecule has 7 heteroatoms. The lowest BCUT2D eigenvalue weighted by Gasteiger charge is -2.06. The number of halogens is 3. The van der Waals surface area contributed by atoms with E-state index in [-0.39, 0.29) is 17.3 Å². The first-order valence-corrected chi connectivity index (χ1v) is 7.62. The van der Waals surface area contributed by atoms with Gasteiger partial charge in [0.25, 0.3) is 5.91 Å². The Hall–Kier alpha value is -2.50. The molecule has 2 aromatic carbocycles. The fourth-order valence-electron chi connectivity index (χ4n) is 2.02. The number of rotatable bonds is 3. The predicted octanol–water partition coefficient (Wildman–Crippen LogP) is 4.84. The molecule has 0 atom stereocenters. The molecule has 0 bridgehead atoms. The number of hydrogen-bond donors (Lipinski definition) is 1. The van der Waals surface area contributed by atoms with Crippen molar-refractivity contribution in [2.75, 3.05) is 5.32 Å². The lowest BCUT2D eigenvalue weighted by molar-refractivity contribution is 0.102. The van der Waals surface area contributed by atoms with E-state index in [9.17, 15) is 9.18 Å². The molecule has 1 heterocycles. The van der Waals surface area contributed by atoms with Crippen LogP contribution in [0.3, 0.4) is 0 Å². The summed E-state index contributed by atoms with van der Waals surface area (Å²) in [4.78, 5) is 20.5. The molecule has 1 amide bonds. The maximum atomic E-state index is 12.9. The van der Waals surface area contributed by atoms with Gasteiger partial charge in [-0.2, -0.15) is 0 Å². The standard InChI is InChI=1S/C17H10Cl2FN3O/c18-12-5-13(19)7-15(6-12)23-17(24)11-8-21-16(22-9-11)10-1-3-14(20)4-2-10/h1-9H,(H,23,24). The van der Waals surface area contributed by atoms with Gasteiger partial charge >= 0.3 is 0 Å². The van der Waals surface area contributed by atoms with Crippen LogP contribution in [0.1, 0.15) is 10.4 Å². The third-order valence-electron chi connectivity index (χ3n) is 3.14. The number of hydrogen-bond acceptors (Lipinski definition) is 3. The molecular formula is C17H10Cl2FN3O. The predicted molar refractivity (Wildman–Crippen MR) is 91.8 cm³/mol. The number of amides is 1. The minimum absolute atomic E-state index is 0.275. The Labute approximate surface area is 147 Å². The Morgan fingerprint density at radius 1 is 0.958 bits per heavy atom. The molecule has 0 unspecified atom stereocenters. The van der Waals surface area contributed by atoms with E-state index in [1.54, 1.807) is 30.3 Å². The first kappa shape index (κ1) is 16.4. The highest BCUT2D eigenvalue weighted by atomic mass is 35.5.